The minimum Gasteiger partial charge on any atom is -0.481 e. The van der Waals surface area contributed by atoms with Gasteiger partial charge in [-0.2, -0.15) is 0 Å². The molecule has 0 amide bonds. The number of nitrogens with one attached hydrogen (secondary N) is 1. The highest BCUT2D eigenvalue weighted by Crippen LogP contribution is 2.33. The first kappa shape index (κ1) is 9.06. The highest BCUT2D eigenvalue weighted by molar-refractivity contribution is 5.70. The van der Waals surface area contributed by atoms with Crippen LogP contribution in [0.2, 0.25) is 0 Å². The number of hydrogen-bond donors (Lipinski definition) is 2. The van der Waals surface area contributed by atoms with Crippen molar-refractivity contribution in [2.45, 2.75) is 19.3 Å². The van der Waals surface area contributed by atoms with Crippen molar-refractivity contribution in [2.75, 3.05) is 11.9 Å². The number of fused-ring (bicyclic) bond motifs is 1. The van der Waals surface area contributed by atoms with Crippen molar-refractivity contribution >= 4 is 11.7 Å². The summed E-state index contributed by atoms with van der Waals surface area (Å²) in [7, 11) is 0. The van der Waals surface area contributed by atoms with Gasteiger partial charge in [0.1, 0.15) is 0 Å². The number of hydrogen-bond acceptors (Lipinski definition) is 2. The van der Waals surface area contributed by atoms with Crippen LogP contribution in [0.3, 0.4) is 0 Å². The first-order chi connectivity index (χ1) is 6.66. The molecule has 1 aliphatic rings. The fourth-order valence-electron chi connectivity index (χ4n) is 1.92. The summed E-state index contributed by atoms with van der Waals surface area (Å²) in [5.74, 6) is -0.603. The maximum absolute atomic E-state index is 10.6. The van der Waals surface area contributed by atoms with Crippen LogP contribution in [-0.4, -0.2) is 17.6 Å². The third kappa shape index (κ3) is 1.58. The van der Waals surface area contributed by atoms with E-state index in [1.54, 1.807) is 0 Å². The molecule has 0 fully saturated rings. The minimum atomic E-state index is -0.730. The normalized spacial score (nSPS) is 18.8. The van der Waals surface area contributed by atoms with Gasteiger partial charge in [0.25, 0.3) is 0 Å². The molecule has 1 unspecified atom stereocenters. The topological polar surface area (TPSA) is 49.3 Å². The molecule has 0 radical (unpaired) electrons. The second kappa shape index (κ2) is 3.33. The van der Waals surface area contributed by atoms with Crippen LogP contribution in [0.4, 0.5) is 5.69 Å². The molecule has 0 aromatic heterocycles. The Morgan fingerprint density at radius 2 is 2.43 bits per heavy atom. The lowest BCUT2D eigenvalue weighted by atomic mass is 9.96. The Hall–Kier alpha value is -1.51. The van der Waals surface area contributed by atoms with Gasteiger partial charge in [0.15, 0.2) is 0 Å². The van der Waals surface area contributed by atoms with Gasteiger partial charge in [-0.3, -0.25) is 4.79 Å². The Balaban J connectivity index is 2.28. The standard InChI is InChI=1S/C11H13NO2/c1-7-2-3-10-9(4-7)8(6-12-10)5-11(13)14/h2-4,8,12H,5-6H2,1H3,(H,13,14). The number of aliphatic carboxylic acids is 1. The summed E-state index contributed by atoms with van der Waals surface area (Å²) in [6.07, 6.45) is 0.212. The summed E-state index contributed by atoms with van der Waals surface area (Å²) < 4.78 is 0. The van der Waals surface area contributed by atoms with Gasteiger partial charge in [-0.05, 0) is 18.6 Å². The monoisotopic (exact) mass is 191 g/mol. The quantitative estimate of drug-likeness (QED) is 0.751. The average molecular weight is 191 g/mol. The Bertz CT molecular complexity index is 374. The number of carbonyl (C=O) groups is 1. The molecule has 3 nitrogen and oxygen atoms in total. The van der Waals surface area contributed by atoms with Crippen molar-refractivity contribution in [1.29, 1.82) is 0 Å². The molecule has 0 spiro atoms. The Morgan fingerprint density at radius 3 is 3.14 bits per heavy atom. The van der Waals surface area contributed by atoms with Crippen LogP contribution in [0, 0.1) is 6.92 Å². The number of rotatable bonds is 2. The Kier molecular flexibility index (Phi) is 2.15. The lowest BCUT2D eigenvalue weighted by molar-refractivity contribution is -0.137. The van der Waals surface area contributed by atoms with E-state index in [-0.39, 0.29) is 12.3 Å². The lowest BCUT2D eigenvalue weighted by Gasteiger charge is -2.06. The molecule has 2 N–H and O–H groups in total. The van der Waals surface area contributed by atoms with Crippen LogP contribution in [0.25, 0.3) is 0 Å². The maximum Gasteiger partial charge on any atom is 0.304 e. The second-order valence-electron chi connectivity index (χ2n) is 3.77. The third-order valence-electron chi connectivity index (χ3n) is 2.61. The summed E-state index contributed by atoms with van der Waals surface area (Å²) in [5.41, 5.74) is 3.41. The number of aryl methyl sites for hydroxylation is 1. The van der Waals surface area contributed by atoms with Gasteiger partial charge in [0, 0.05) is 18.2 Å². The average Bonchev–Trinajstić information content (AvgIpc) is 2.47. The first-order valence-corrected chi connectivity index (χ1v) is 4.73. The molecule has 1 aromatic carbocycles. The van der Waals surface area contributed by atoms with E-state index in [0.29, 0.717) is 0 Å². The Morgan fingerprint density at radius 1 is 1.64 bits per heavy atom. The van der Waals surface area contributed by atoms with Crippen LogP contribution in [0.15, 0.2) is 18.2 Å². The van der Waals surface area contributed by atoms with E-state index in [2.05, 4.69) is 11.4 Å². The molecule has 0 saturated carbocycles. The van der Waals surface area contributed by atoms with Gasteiger partial charge in [0.2, 0.25) is 0 Å². The maximum atomic E-state index is 10.6. The van der Waals surface area contributed by atoms with Crippen molar-refractivity contribution in [3.63, 3.8) is 0 Å². The second-order valence-corrected chi connectivity index (χ2v) is 3.77. The molecule has 1 heterocycles. The van der Waals surface area contributed by atoms with Gasteiger partial charge in [-0.25, -0.2) is 0 Å². The summed E-state index contributed by atoms with van der Waals surface area (Å²) in [6, 6.07) is 6.13. The van der Waals surface area contributed by atoms with Crippen molar-refractivity contribution in [1.82, 2.24) is 0 Å². The largest absolute Gasteiger partial charge is 0.481 e. The molecule has 0 saturated heterocycles. The fraction of sp³-hybridized carbons (Fsp3) is 0.364. The zero-order valence-corrected chi connectivity index (χ0v) is 8.08. The molecule has 0 bridgehead atoms. The van der Waals surface area contributed by atoms with Crippen molar-refractivity contribution < 1.29 is 9.90 Å². The zero-order valence-electron chi connectivity index (χ0n) is 8.08. The zero-order chi connectivity index (χ0) is 10.1. The van der Waals surface area contributed by atoms with E-state index in [9.17, 15) is 4.79 Å². The number of carboxylic acids is 1. The molecular formula is C11H13NO2. The highest BCUT2D eigenvalue weighted by atomic mass is 16.4. The summed E-state index contributed by atoms with van der Waals surface area (Å²) >= 11 is 0. The number of carboxylic acid groups (broad SMARTS) is 1. The van der Waals surface area contributed by atoms with Gasteiger partial charge in [-0.1, -0.05) is 17.7 Å². The van der Waals surface area contributed by atoms with Crippen molar-refractivity contribution in [2.24, 2.45) is 0 Å². The molecule has 1 aliphatic heterocycles. The van der Waals surface area contributed by atoms with Gasteiger partial charge < -0.3 is 10.4 Å². The fourth-order valence-corrected chi connectivity index (χ4v) is 1.92. The van der Waals surface area contributed by atoms with Gasteiger partial charge >= 0.3 is 5.97 Å². The Labute approximate surface area is 82.8 Å². The summed E-state index contributed by atoms with van der Waals surface area (Å²) in [6.45, 7) is 2.77. The molecule has 14 heavy (non-hydrogen) atoms. The molecule has 74 valence electrons. The van der Waals surface area contributed by atoms with Gasteiger partial charge in [-0.15, -0.1) is 0 Å². The van der Waals surface area contributed by atoms with Crippen LogP contribution in [-0.2, 0) is 4.79 Å². The smallest absolute Gasteiger partial charge is 0.304 e. The van der Waals surface area contributed by atoms with E-state index in [4.69, 9.17) is 5.11 Å². The molecule has 2 rings (SSSR count). The molecule has 1 aromatic rings. The molecule has 3 heteroatoms. The minimum absolute atomic E-state index is 0.127. The van der Waals surface area contributed by atoms with Crippen LogP contribution < -0.4 is 5.32 Å². The van der Waals surface area contributed by atoms with E-state index >= 15 is 0 Å². The van der Waals surface area contributed by atoms with E-state index < -0.39 is 5.97 Å². The summed E-state index contributed by atoms with van der Waals surface area (Å²) in [4.78, 5) is 10.6. The van der Waals surface area contributed by atoms with Crippen LogP contribution in [0.1, 0.15) is 23.5 Å². The van der Waals surface area contributed by atoms with E-state index in [1.807, 2.05) is 19.1 Å². The predicted molar refractivity (Wildman–Crippen MR) is 54.7 cm³/mol. The molecule has 0 aliphatic carbocycles. The SMILES string of the molecule is Cc1ccc2c(c1)C(CC(=O)O)CN2. The van der Waals surface area contributed by atoms with Crippen molar-refractivity contribution in [3.05, 3.63) is 29.3 Å². The van der Waals surface area contributed by atoms with Gasteiger partial charge in [0.05, 0.1) is 6.42 Å². The lowest BCUT2D eigenvalue weighted by Crippen LogP contribution is -2.08. The molecular weight excluding hydrogens is 178 g/mol. The first-order valence-electron chi connectivity index (χ1n) is 4.73. The third-order valence-corrected chi connectivity index (χ3v) is 2.61. The van der Waals surface area contributed by atoms with E-state index in [1.165, 1.54) is 5.56 Å². The number of benzene rings is 1. The van der Waals surface area contributed by atoms with Crippen molar-refractivity contribution in [3.8, 4) is 0 Å². The van der Waals surface area contributed by atoms with Crippen LogP contribution in [0.5, 0.6) is 0 Å². The summed E-state index contributed by atoms with van der Waals surface area (Å²) in [5, 5.41) is 12.0. The number of anilines is 1. The van der Waals surface area contributed by atoms with Crippen LogP contribution >= 0.6 is 0 Å². The molecule has 1 atom stereocenters. The predicted octanol–water partition coefficient (Wildman–Crippen LogP) is 1.98. The van der Waals surface area contributed by atoms with E-state index in [0.717, 1.165) is 17.8 Å². The highest BCUT2D eigenvalue weighted by Gasteiger charge is 2.23.